The number of para-hydroxylation sites is 1. The minimum Gasteiger partial charge on any atom is -0.488 e. The van der Waals surface area contributed by atoms with Crippen LogP contribution in [0.5, 0.6) is 5.75 Å². The van der Waals surface area contributed by atoms with Gasteiger partial charge in [0.05, 0.1) is 0 Å². The Kier molecular flexibility index (Phi) is 4.28. The average Bonchev–Trinajstić information content (AvgIpc) is 2.97. The van der Waals surface area contributed by atoms with Gasteiger partial charge in [-0.15, -0.1) is 0 Å². The molecule has 120 valence electrons. The summed E-state index contributed by atoms with van der Waals surface area (Å²) in [5.74, 6) is 0.917. The van der Waals surface area contributed by atoms with Crippen molar-refractivity contribution >= 4 is 0 Å². The van der Waals surface area contributed by atoms with Gasteiger partial charge in [-0.1, -0.05) is 48.5 Å². The predicted octanol–water partition coefficient (Wildman–Crippen LogP) is 4.22. The summed E-state index contributed by atoms with van der Waals surface area (Å²) in [6, 6.07) is 18.9. The number of rotatable bonds is 5. The minimum atomic E-state index is -0.290. The van der Waals surface area contributed by atoms with E-state index in [0.717, 1.165) is 11.3 Å². The second kappa shape index (κ2) is 6.37. The van der Waals surface area contributed by atoms with Gasteiger partial charge in [0.25, 0.3) is 0 Å². The quantitative estimate of drug-likeness (QED) is 0.895. The maximum absolute atomic E-state index is 6.13. The molecule has 1 atom stereocenters. The summed E-state index contributed by atoms with van der Waals surface area (Å²) >= 11 is 0. The molecule has 0 aromatic heterocycles. The van der Waals surface area contributed by atoms with Crippen molar-refractivity contribution in [2.24, 2.45) is 0 Å². The Morgan fingerprint density at radius 3 is 2.48 bits per heavy atom. The maximum Gasteiger partial charge on any atom is 0.137 e. The minimum absolute atomic E-state index is 0.290. The van der Waals surface area contributed by atoms with E-state index in [9.17, 15) is 0 Å². The van der Waals surface area contributed by atoms with Gasteiger partial charge in [0.15, 0.2) is 0 Å². The van der Waals surface area contributed by atoms with Crippen LogP contribution in [0.25, 0.3) is 0 Å². The molecule has 0 amide bonds. The zero-order chi connectivity index (χ0) is 16.3. The van der Waals surface area contributed by atoms with Crippen molar-refractivity contribution in [1.29, 1.82) is 0 Å². The molecule has 1 heterocycles. The Morgan fingerprint density at radius 1 is 1.04 bits per heavy atom. The SMILES string of the molecule is CC(C)N1C=CNC1(C)c1ccccc1OCc1ccccc1. The van der Waals surface area contributed by atoms with E-state index < -0.39 is 0 Å². The number of nitrogens with one attached hydrogen (secondary N) is 1. The number of benzene rings is 2. The van der Waals surface area contributed by atoms with E-state index in [1.165, 1.54) is 5.56 Å². The highest BCUT2D eigenvalue weighted by atomic mass is 16.5. The van der Waals surface area contributed by atoms with Gasteiger partial charge in [-0.3, -0.25) is 0 Å². The van der Waals surface area contributed by atoms with Gasteiger partial charge in [-0.25, -0.2) is 0 Å². The van der Waals surface area contributed by atoms with Crippen LogP contribution in [0.2, 0.25) is 0 Å². The van der Waals surface area contributed by atoms with Crippen molar-refractivity contribution in [2.75, 3.05) is 0 Å². The third-order valence-electron chi connectivity index (χ3n) is 4.32. The van der Waals surface area contributed by atoms with Crippen LogP contribution in [0, 0.1) is 0 Å². The third kappa shape index (κ3) is 3.04. The molecule has 2 aromatic carbocycles. The van der Waals surface area contributed by atoms with E-state index in [2.05, 4.69) is 61.5 Å². The highest BCUT2D eigenvalue weighted by Crippen LogP contribution is 2.37. The number of hydrogen-bond acceptors (Lipinski definition) is 3. The zero-order valence-corrected chi connectivity index (χ0v) is 14.0. The highest BCUT2D eigenvalue weighted by molar-refractivity contribution is 5.40. The number of hydrogen-bond donors (Lipinski definition) is 1. The summed E-state index contributed by atoms with van der Waals surface area (Å²) in [6.07, 6.45) is 4.12. The van der Waals surface area contributed by atoms with E-state index in [0.29, 0.717) is 12.6 Å². The van der Waals surface area contributed by atoms with Crippen LogP contribution in [0.1, 0.15) is 31.9 Å². The fraction of sp³-hybridized carbons (Fsp3) is 0.300. The summed E-state index contributed by atoms with van der Waals surface area (Å²) < 4.78 is 6.13. The number of nitrogens with zero attached hydrogens (tertiary/aromatic N) is 1. The Hall–Kier alpha value is -2.42. The monoisotopic (exact) mass is 308 g/mol. The van der Waals surface area contributed by atoms with Crippen molar-refractivity contribution in [1.82, 2.24) is 10.2 Å². The van der Waals surface area contributed by atoms with Gasteiger partial charge in [-0.2, -0.15) is 0 Å². The molecule has 2 aromatic rings. The number of ether oxygens (including phenoxy) is 1. The van der Waals surface area contributed by atoms with Crippen LogP contribution in [-0.2, 0) is 12.3 Å². The molecule has 0 saturated heterocycles. The standard InChI is InChI=1S/C20H24N2O/c1-16(2)22-14-13-21-20(22,3)18-11-7-8-12-19(18)23-15-17-9-5-4-6-10-17/h4-14,16,21H,15H2,1-3H3. The van der Waals surface area contributed by atoms with E-state index in [-0.39, 0.29) is 5.66 Å². The molecular formula is C20H24N2O. The van der Waals surface area contributed by atoms with Crippen molar-refractivity contribution < 1.29 is 4.74 Å². The van der Waals surface area contributed by atoms with Gasteiger partial charge >= 0.3 is 0 Å². The summed E-state index contributed by atoms with van der Waals surface area (Å²) in [5, 5.41) is 3.48. The molecule has 1 N–H and O–H groups in total. The van der Waals surface area contributed by atoms with E-state index in [1.54, 1.807) is 0 Å². The first-order chi connectivity index (χ1) is 11.1. The van der Waals surface area contributed by atoms with Crippen molar-refractivity contribution in [3.8, 4) is 5.75 Å². The van der Waals surface area contributed by atoms with Gasteiger partial charge in [0.2, 0.25) is 0 Å². The average molecular weight is 308 g/mol. The van der Waals surface area contributed by atoms with Crippen LogP contribution in [0.3, 0.4) is 0 Å². The largest absolute Gasteiger partial charge is 0.488 e. The van der Waals surface area contributed by atoms with Crippen LogP contribution in [0.15, 0.2) is 67.0 Å². The van der Waals surface area contributed by atoms with E-state index in [4.69, 9.17) is 4.74 Å². The molecule has 0 bridgehead atoms. The van der Waals surface area contributed by atoms with Crippen LogP contribution in [-0.4, -0.2) is 10.9 Å². The van der Waals surface area contributed by atoms with Gasteiger partial charge in [-0.05, 0) is 32.4 Å². The molecule has 1 aliphatic heterocycles. The van der Waals surface area contributed by atoms with E-state index in [1.807, 2.05) is 36.5 Å². The first kappa shape index (κ1) is 15.5. The van der Waals surface area contributed by atoms with Crippen molar-refractivity contribution in [3.63, 3.8) is 0 Å². The molecule has 1 aliphatic rings. The molecule has 0 spiro atoms. The maximum atomic E-state index is 6.13. The Labute approximate surface area is 138 Å². The lowest BCUT2D eigenvalue weighted by atomic mass is 9.98. The lowest BCUT2D eigenvalue weighted by Crippen LogP contribution is -2.48. The first-order valence-corrected chi connectivity index (χ1v) is 8.10. The molecule has 1 unspecified atom stereocenters. The van der Waals surface area contributed by atoms with Crippen LogP contribution < -0.4 is 10.1 Å². The fourth-order valence-electron chi connectivity index (χ4n) is 3.14. The Bertz CT molecular complexity index is 681. The topological polar surface area (TPSA) is 24.5 Å². The second-order valence-electron chi connectivity index (χ2n) is 6.30. The Balaban J connectivity index is 1.86. The lowest BCUT2D eigenvalue weighted by Gasteiger charge is -2.40. The van der Waals surface area contributed by atoms with Gasteiger partial charge < -0.3 is 15.0 Å². The molecule has 0 fully saturated rings. The zero-order valence-electron chi connectivity index (χ0n) is 14.0. The third-order valence-corrected chi connectivity index (χ3v) is 4.32. The van der Waals surface area contributed by atoms with Crippen molar-refractivity contribution in [3.05, 3.63) is 78.1 Å². The lowest BCUT2D eigenvalue weighted by molar-refractivity contribution is 0.123. The van der Waals surface area contributed by atoms with Gasteiger partial charge in [0.1, 0.15) is 18.0 Å². The molecule has 3 rings (SSSR count). The summed E-state index contributed by atoms with van der Waals surface area (Å²) in [5.41, 5.74) is 2.03. The highest BCUT2D eigenvalue weighted by Gasteiger charge is 2.37. The molecule has 0 aliphatic carbocycles. The Morgan fingerprint density at radius 2 is 1.74 bits per heavy atom. The van der Waals surface area contributed by atoms with Crippen LogP contribution >= 0.6 is 0 Å². The van der Waals surface area contributed by atoms with Crippen molar-refractivity contribution in [2.45, 2.75) is 39.1 Å². The predicted molar refractivity (Wildman–Crippen MR) is 93.8 cm³/mol. The van der Waals surface area contributed by atoms with E-state index >= 15 is 0 Å². The molecule has 0 radical (unpaired) electrons. The van der Waals surface area contributed by atoms with Gasteiger partial charge in [0, 0.05) is 24.0 Å². The summed E-state index contributed by atoms with van der Waals surface area (Å²) in [4.78, 5) is 2.32. The summed E-state index contributed by atoms with van der Waals surface area (Å²) in [6.45, 7) is 7.16. The second-order valence-corrected chi connectivity index (χ2v) is 6.30. The normalized spacial score (nSPS) is 19.9. The summed E-state index contributed by atoms with van der Waals surface area (Å²) in [7, 11) is 0. The first-order valence-electron chi connectivity index (χ1n) is 8.10. The van der Waals surface area contributed by atoms with Crippen LogP contribution in [0.4, 0.5) is 0 Å². The fourth-order valence-corrected chi connectivity index (χ4v) is 3.14. The molecule has 3 heteroatoms. The molecule has 3 nitrogen and oxygen atoms in total. The smallest absolute Gasteiger partial charge is 0.137 e. The molecular weight excluding hydrogens is 284 g/mol. The molecule has 23 heavy (non-hydrogen) atoms. The molecule has 0 saturated carbocycles.